The summed E-state index contributed by atoms with van der Waals surface area (Å²) < 4.78 is 11.0. The fourth-order valence-electron chi connectivity index (χ4n) is 0.710. The average Bonchev–Trinajstić information content (AvgIpc) is 2.07. The first-order chi connectivity index (χ1) is 5.74. The van der Waals surface area contributed by atoms with E-state index in [1.807, 2.05) is 12.1 Å². The van der Waals surface area contributed by atoms with Crippen LogP contribution in [0, 0.1) is 3.57 Å². The largest absolute Gasteiger partial charge is 0.466 e. The minimum atomic E-state index is 0.246. The Hall–Kier alpha value is -0.000000000000000111. The summed E-state index contributed by atoms with van der Waals surface area (Å²) in [7, 11) is 1.58. The van der Waals surface area contributed by atoms with E-state index in [2.05, 4.69) is 22.6 Å². The van der Waals surface area contributed by atoms with Crippen molar-refractivity contribution >= 4 is 34.2 Å². The molecule has 0 aliphatic rings. The van der Waals surface area contributed by atoms with Crippen LogP contribution in [0.5, 0.6) is 5.75 Å². The third-order valence-electron chi connectivity index (χ3n) is 1.23. The van der Waals surface area contributed by atoms with Gasteiger partial charge in [-0.2, -0.15) is 0 Å². The van der Waals surface area contributed by atoms with Gasteiger partial charge in [0.05, 0.1) is 3.57 Å². The van der Waals surface area contributed by atoms with Crippen molar-refractivity contribution in [2.75, 3.05) is 13.9 Å². The first-order valence-corrected chi connectivity index (χ1v) is 4.76. The first-order valence-electron chi connectivity index (χ1n) is 3.31. The van der Waals surface area contributed by atoms with Crippen LogP contribution in [0.15, 0.2) is 18.2 Å². The van der Waals surface area contributed by atoms with Crippen molar-refractivity contribution in [3.05, 3.63) is 26.8 Å². The summed E-state index contributed by atoms with van der Waals surface area (Å²) in [5.74, 6) is 0.755. The van der Waals surface area contributed by atoms with Crippen LogP contribution in [-0.2, 0) is 4.74 Å². The maximum Gasteiger partial charge on any atom is 0.188 e. The second-order valence-corrected chi connectivity index (χ2v) is 3.72. The maximum absolute atomic E-state index is 5.77. The van der Waals surface area contributed by atoms with Crippen LogP contribution in [0.25, 0.3) is 0 Å². The predicted molar refractivity (Wildman–Crippen MR) is 56.7 cm³/mol. The molecule has 0 radical (unpaired) electrons. The van der Waals surface area contributed by atoms with E-state index >= 15 is 0 Å². The van der Waals surface area contributed by atoms with Gasteiger partial charge in [0.1, 0.15) is 5.75 Å². The molecule has 0 heterocycles. The van der Waals surface area contributed by atoms with Gasteiger partial charge in [-0.3, -0.25) is 0 Å². The van der Waals surface area contributed by atoms with Gasteiger partial charge < -0.3 is 9.47 Å². The molecule has 0 N–H and O–H groups in total. The summed E-state index contributed by atoms with van der Waals surface area (Å²) in [6.45, 7) is 0.246. The summed E-state index contributed by atoms with van der Waals surface area (Å²) in [5, 5.41) is 0.668. The summed E-state index contributed by atoms with van der Waals surface area (Å²) in [4.78, 5) is 0. The van der Waals surface area contributed by atoms with Crippen molar-refractivity contribution in [2.24, 2.45) is 0 Å². The Bertz CT molecular complexity index is 265. The van der Waals surface area contributed by atoms with E-state index in [9.17, 15) is 0 Å². The fraction of sp³-hybridized carbons (Fsp3) is 0.250. The molecular weight excluding hydrogens is 290 g/mol. The zero-order valence-electron chi connectivity index (χ0n) is 6.51. The Morgan fingerprint density at radius 3 is 2.92 bits per heavy atom. The zero-order valence-corrected chi connectivity index (χ0v) is 9.43. The molecular formula is C8H8ClIO2. The predicted octanol–water partition coefficient (Wildman–Crippen LogP) is 2.93. The maximum atomic E-state index is 5.77. The van der Waals surface area contributed by atoms with Crippen LogP contribution >= 0.6 is 34.2 Å². The lowest BCUT2D eigenvalue weighted by molar-refractivity contribution is 0.0505. The minimum absolute atomic E-state index is 0.246. The highest BCUT2D eigenvalue weighted by atomic mass is 127. The highest BCUT2D eigenvalue weighted by Gasteiger charge is 2.00. The lowest BCUT2D eigenvalue weighted by Crippen LogP contribution is -1.99. The van der Waals surface area contributed by atoms with E-state index in [-0.39, 0.29) is 6.79 Å². The van der Waals surface area contributed by atoms with Crippen molar-refractivity contribution in [1.82, 2.24) is 0 Å². The number of benzene rings is 1. The van der Waals surface area contributed by atoms with Gasteiger partial charge in [-0.1, -0.05) is 11.6 Å². The molecule has 0 atom stereocenters. The lowest BCUT2D eigenvalue weighted by atomic mass is 10.3. The number of halogens is 2. The van der Waals surface area contributed by atoms with Crippen LogP contribution in [-0.4, -0.2) is 13.9 Å². The average molecular weight is 299 g/mol. The number of hydrogen-bond acceptors (Lipinski definition) is 2. The van der Waals surface area contributed by atoms with Gasteiger partial charge in [-0.15, -0.1) is 0 Å². The summed E-state index contributed by atoms with van der Waals surface area (Å²) in [6, 6.07) is 5.49. The Morgan fingerprint density at radius 1 is 1.50 bits per heavy atom. The molecule has 0 aromatic heterocycles. The summed E-state index contributed by atoms with van der Waals surface area (Å²) >= 11 is 7.95. The molecule has 1 rings (SSSR count). The van der Waals surface area contributed by atoms with Crippen molar-refractivity contribution in [3.63, 3.8) is 0 Å². The van der Waals surface area contributed by atoms with Crippen LogP contribution < -0.4 is 4.74 Å². The highest BCUT2D eigenvalue weighted by Crippen LogP contribution is 2.24. The monoisotopic (exact) mass is 298 g/mol. The van der Waals surface area contributed by atoms with Gasteiger partial charge in [0.15, 0.2) is 6.79 Å². The van der Waals surface area contributed by atoms with Gasteiger partial charge in [-0.25, -0.2) is 0 Å². The van der Waals surface area contributed by atoms with Crippen LogP contribution in [0.3, 0.4) is 0 Å². The second-order valence-electron chi connectivity index (χ2n) is 2.13. The molecule has 0 saturated heterocycles. The smallest absolute Gasteiger partial charge is 0.188 e. The Morgan fingerprint density at radius 2 is 2.25 bits per heavy atom. The van der Waals surface area contributed by atoms with Gasteiger partial charge in [-0.05, 0) is 40.8 Å². The fourth-order valence-corrected chi connectivity index (χ4v) is 1.36. The van der Waals surface area contributed by atoms with Crippen LogP contribution in [0.4, 0.5) is 0 Å². The first kappa shape index (κ1) is 10.1. The lowest BCUT2D eigenvalue weighted by Gasteiger charge is -2.06. The molecule has 0 bridgehead atoms. The standard InChI is InChI=1S/C8H8ClIO2/c1-11-5-12-8-4-6(9)2-3-7(8)10/h2-4H,5H2,1H3. The molecule has 12 heavy (non-hydrogen) atoms. The second kappa shape index (κ2) is 4.89. The summed E-state index contributed by atoms with van der Waals surface area (Å²) in [6.07, 6.45) is 0. The number of methoxy groups -OCH3 is 1. The van der Waals surface area contributed by atoms with E-state index in [1.165, 1.54) is 0 Å². The molecule has 1 aromatic carbocycles. The van der Waals surface area contributed by atoms with Crippen molar-refractivity contribution in [2.45, 2.75) is 0 Å². The van der Waals surface area contributed by atoms with E-state index in [4.69, 9.17) is 21.1 Å². The van der Waals surface area contributed by atoms with Gasteiger partial charge in [0, 0.05) is 12.1 Å². The Kier molecular flexibility index (Phi) is 4.11. The van der Waals surface area contributed by atoms with E-state index in [1.54, 1.807) is 13.2 Å². The topological polar surface area (TPSA) is 18.5 Å². The number of ether oxygens (including phenoxy) is 2. The Balaban J connectivity index is 2.75. The molecule has 66 valence electrons. The van der Waals surface area contributed by atoms with Crippen molar-refractivity contribution < 1.29 is 9.47 Å². The van der Waals surface area contributed by atoms with Crippen LogP contribution in [0.2, 0.25) is 5.02 Å². The molecule has 0 unspecified atom stereocenters. The molecule has 0 saturated carbocycles. The third-order valence-corrected chi connectivity index (χ3v) is 2.35. The van der Waals surface area contributed by atoms with Crippen molar-refractivity contribution in [1.29, 1.82) is 0 Å². The molecule has 0 aliphatic heterocycles. The minimum Gasteiger partial charge on any atom is -0.466 e. The molecule has 2 nitrogen and oxygen atoms in total. The van der Waals surface area contributed by atoms with Gasteiger partial charge in [0.2, 0.25) is 0 Å². The molecule has 4 heteroatoms. The van der Waals surface area contributed by atoms with E-state index in [0.29, 0.717) is 5.02 Å². The third kappa shape index (κ3) is 2.80. The molecule has 0 aliphatic carbocycles. The van der Waals surface area contributed by atoms with E-state index < -0.39 is 0 Å². The van der Waals surface area contributed by atoms with E-state index in [0.717, 1.165) is 9.32 Å². The summed E-state index contributed by atoms with van der Waals surface area (Å²) in [5.41, 5.74) is 0. The molecule has 0 fully saturated rings. The normalized spacial score (nSPS) is 9.92. The SMILES string of the molecule is COCOc1cc(Cl)ccc1I. The Labute approximate surface area is 90.0 Å². The number of rotatable bonds is 3. The highest BCUT2D eigenvalue weighted by molar-refractivity contribution is 14.1. The molecule has 0 spiro atoms. The van der Waals surface area contributed by atoms with Gasteiger partial charge >= 0.3 is 0 Å². The van der Waals surface area contributed by atoms with Crippen LogP contribution in [0.1, 0.15) is 0 Å². The quantitative estimate of drug-likeness (QED) is 0.631. The zero-order chi connectivity index (χ0) is 8.97. The van der Waals surface area contributed by atoms with Gasteiger partial charge in [0.25, 0.3) is 0 Å². The molecule has 1 aromatic rings. The molecule has 0 amide bonds. The van der Waals surface area contributed by atoms with Crippen molar-refractivity contribution in [3.8, 4) is 5.75 Å². The number of hydrogen-bond donors (Lipinski definition) is 0.